The molecule has 0 bridgehead atoms. The van der Waals surface area contributed by atoms with E-state index in [-0.39, 0.29) is 6.10 Å². The maximum absolute atomic E-state index is 5.88. The topological polar surface area (TPSA) is 27.7 Å². The normalized spacial score (nSPS) is 16.2. The summed E-state index contributed by atoms with van der Waals surface area (Å²) in [6.45, 7) is 0.483. The van der Waals surface area contributed by atoms with Gasteiger partial charge >= 0.3 is 0 Å². The number of methoxy groups -OCH3 is 1. The lowest BCUT2D eigenvalue weighted by atomic mass is 10.1. The Labute approximate surface area is 129 Å². The van der Waals surface area contributed by atoms with E-state index >= 15 is 0 Å². The van der Waals surface area contributed by atoms with Gasteiger partial charge in [-0.25, -0.2) is 0 Å². The van der Waals surface area contributed by atoms with Gasteiger partial charge in [0.25, 0.3) is 0 Å². The summed E-state index contributed by atoms with van der Waals surface area (Å²) in [5, 5.41) is 0. The fraction of sp³-hybridized carbons (Fsp3) is 0.294. The maximum Gasteiger partial charge on any atom is 0.161 e. The first-order chi connectivity index (χ1) is 10.3. The van der Waals surface area contributed by atoms with Gasteiger partial charge in [-0.2, -0.15) is 0 Å². The van der Waals surface area contributed by atoms with Crippen LogP contribution in [-0.2, 0) is 12.3 Å². The number of hydrogen-bond acceptors (Lipinski definition) is 3. The Bertz CT molecular complexity index is 602. The molecule has 3 rings (SSSR count). The van der Waals surface area contributed by atoms with Gasteiger partial charge in [0.05, 0.1) is 7.11 Å². The van der Waals surface area contributed by atoms with E-state index < -0.39 is 0 Å². The summed E-state index contributed by atoms with van der Waals surface area (Å²) in [5.41, 5.74) is 2.23. The Kier molecular flexibility index (Phi) is 4.20. The number of alkyl halides is 1. The quantitative estimate of drug-likeness (QED) is 0.786. The molecular formula is C17H17ClO3. The molecule has 1 unspecified atom stereocenters. The fourth-order valence-electron chi connectivity index (χ4n) is 2.45. The number of halogens is 1. The van der Waals surface area contributed by atoms with Crippen LogP contribution >= 0.6 is 11.6 Å². The van der Waals surface area contributed by atoms with Crippen molar-refractivity contribution in [2.45, 2.75) is 18.4 Å². The number of para-hydroxylation sites is 1. The van der Waals surface area contributed by atoms with Crippen molar-refractivity contribution in [2.75, 3.05) is 13.7 Å². The molecule has 21 heavy (non-hydrogen) atoms. The van der Waals surface area contributed by atoms with Crippen LogP contribution in [0.4, 0.5) is 0 Å². The largest absolute Gasteiger partial charge is 0.493 e. The summed E-state index contributed by atoms with van der Waals surface area (Å²) in [4.78, 5) is 0. The molecule has 0 aliphatic carbocycles. The molecule has 0 N–H and O–H groups in total. The number of fused-ring (bicyclic) bond motifs is 1. The highest BCUT2D eigenvalue weighted by Crippen LogP contribution is 2.31. The lowest BCUT2D eigenvalue weighted by Crippen LogP contribution is -2.22. The van der Waals surface area contributed by atoms with Gasteiger partial charge in [0.1, 0.15) is 18.5 Å². The zero-order chi connectivity index (χ0) is 14.7. The van der Waals surface area contributed by atoms with Gasteiger partial charge in [0.15, 0.2) is 11.5 Å². The second-order valence-corrected chi connectivity index (χ2v) is 5.25. The number of rotatable bonds is 5. The predicted octanol–water partition coefficient (Wildman–Crippen LogP) is 3.82. The van der Waals surface area contributed by atoms with Crippen molar-refractivity contribution >= 4 is 11.6 Å². The van der Waals surface area contributed by atoms with Crippen molar-refractivity contribution in [3.63, 3.8) is 0 Å². The third-order valence-corrected chi connectivity index (χ3v) is 3.83. The van der Waals surface area contributed by atoms with E-state index in [0.717, 1.165) is 17.7 Å². The number of benzene rings is 2. The molecule has 0 saturated heterocycles. The Morgan fingerprint density at radius 2 is 2.05 bits per heavy atom. The van der Waals surface area contributed by atoms with Crippen LogP contribution in [0.1, 0.15) is 11.1 Å². The van der Waals surface area contributed by atoms with Crippen LogP contribution in [0.3, 0.4) is 0 Å². The first-order valence-corrected chi connectivity index (χ1v) is 7.44. The maximum atomic E-state index is 5.88. The predicted molar refractivity (Wildman–Crippen MR) is 82.6 cm³/mol. The highest BCUT2D eigenvalue weighted by atomic mass is 35.5. The van der Waals surface area contributed by atoms with E-state index in [9.17, 15) is 0 Å². The first-order valence-electron chi connectivity index (χ1n) is 6.90. The lowest BCUT2D eigenvalue weighted by molar-refractivity contribution is 0.145. The Morgan fingerprint density at radius 3 is 2.81 bits per heavy atom. The molecule has 1 aliphatic rings. The van der Waals surface area contributed by atoms with Gasteiger partial charge in [0, 0.05) is 12.3 Å². The van der Waals surface area contributed by atoms with E-state index in [1.165, 1.54) is 5.56 Å². The van der Waals surface area contributed by atoms with Gasteiger partial charge in [-0.3, -0.25) is 0 Å². The minimum absolute atomic E-state index is 0.0340. The molecule has 3 nitrogen and oxygen atoms in total. The van der Waals surface area contributed by atoms with Gasteiger partial charge < -0.3 is 14.2 Å². The van der Waals surface area contributed by atoms with Gasteiger partial charge in [-0.1, -0.05) is 24.3 Å². The second kappa shape index (κ2) is 6.27. The monoisotopic (exact) mass is 304 g/mol. The average molecular weight is 305 g/mol. The van der Waals surface area contributed by atoms with E-state index in [1.807, 2.05) is 36.4 Å². The summed E-state index contributed by atoms with van der Waals surface area (Å²) < 4.78 is 17.1. The molecule has 0 fully saturated rings. The van der Waals surface area contributed by atoms with Crippen molar-refractivity contribution in [3.05, 3.63) is 53.6 Å². The molecule has 0 aromatic heterocycles. The van der Waals surface area contributed by atoms with Crippen molar-refractivity contribution in [3.8, 4) is 17.2 Å². The molecule has 1 atom stereocenters. The molecule has 4 heteroatoms. The Morgan fingerprint density at radius 1 is 1.19 bits per heavy atom. The fourth-order valence-corrected chi connectivity index (χ4v) is 2.61. The van der Waals surface area contributed by atoms with Crippen LogP contribution in [0.25, 0.3) is 0 Å². The molecule has 0 amide bonds. The molecular weight excluding hydrogens is 288 g/mol. The van der Waals surface area contributed by atoms with E-state index in [4.69, 9.17) is 25.8 Å². The zero-order valence-corrected chi connectivity index (χ0v) is 12.6. The van der Waals surface area contributed by atoms with Crippen LogP contribution in [-0.4, -0.2) is 19.8 Å². The lowest BCUT2D eigenvalue weighted by Gasteiger charge is -2.15. The van der Waals surface area contributed by atoms with Crippen molar-refractivity contribution in [1.29, 1.82) is 0 Å². The average Bonchev–Trinajstić information content (AvgIpc) is 2.95. The van der Waals surface area contributed by atoms with Crippen LogP contribution in [0, 0.1) is 0 Å². The van der Waals surface area contributed by atoms with Crippen molar-refractivity contribution in [1.82, 2.24) is 0 Å². The summed E-state index contributed by atoms with van der Waals surface area (Å²) >= 11 is 5.86. The molecule has 1 heterocycles. The standard InChI is InChI=1S/C17H17ClO3/c1-19-16-7-6-12(10-18)8-17(16)20-11-14-9-13-4-2-3-5-15(13)21-14/h2-8,14H,9-11H2,1H3. The van der Waals surface area contributed by atoms with Crippen LogP contribution in [0.15, 0.2) is 42.5 Å². The summed E-state index contributed by atoms with van der Waals surface area (Å²) in [5.74, 6) is 2.81. The molecule has 1 aliphatic heterocycles. The summed E-state index contributed by atoms with van der Waals surface area (Å²) in [6.07, 6.45) is 0.903. The minimum Gasteiger partial charge on any atom is -0.493 e. The van der Waals surface area contributed by atoms with E-state index in [2.05, 4.69) is 6.07 Å². The van der Waals surface area contributed by atoms with Crippen LogP contribution in [0.2, 0.25) is 0 Å². The van der Waals surface area contributed by atoms with Crippen LogP contribution < -0.4 is 14.2 Å². The Balaban J connectivity index is 1.66. The molecule has 110 valence electrons. The molecule has 0 radical (unpaired) electrons. The molecule has 2 aromatic carbocycles. The highest BCUT2D eigenvalue weighted by Gasteiger charge is 2.23. The number of hydrogen-bond donors (Lipinski definition) is 0. The Hall–Kier alpha value is -1.87. The number of ether oxygens (including phenoxy) is 3. The van der Waals surface area contributed by atoms with Gasteiger partial charge in [-0.05, 0) is 29.3 Å². The first kappa shape index (κ1) is 14.1. The SMILES string of the molecule is COc1ccc(CCl)cc1OCC1Cc2ccccc2O1. The smallest absolute Gasteiger partial charge is 0.161 e. The molecule has 0 spiro atoms. The van der Waals surface area contributed by atoms with E-state index in [1.54, 1.807) is 7.11 Å². The summed E-state index contributed by atoms with van der Waals surface area (Å²) in [7, 11) is 1.63. The van der Waals surface area contributed by atoms with Crippen molar-refractivity contribution in [2.24, 2.45) is 0 Å². The van der Waals surface area contributed by atoms with Crippen molar-refractivity contribution < 1.29 is 14.2 Å². The highest BCUT2D eigenvalue weighted by molar-refractivity contribution is 6.17. The van der Waals surface area contributed by atoms with Crippen LogP contribution in [0.5, 0.6) is 17.2 Å². The summed E-state index contributed by atoms with van der Waals surface area (Å²) in [6, 6.07) is 13.8. The third kappa shape index (κ3) is 3.08. The molecule has 0 saturated carbocycles. The zero-order valence-electron chi connectivity index (χ0n) is 11.8. The van der Waals surface area contributed by atoms with Gasteiger partial charge in [0.2, 0.25) is 0 Å². The second-order valence-electron chi connectivity index (χ2n) is 4.98. The minimum atomic E-state index is 0.0340. The van der Waals surface area contributed by atoms with E-state index in [0.29, 0.717) is 24.0 Å². The third-order valence-electron chi connectivity index (χ3n) is 3.52. The molecule has 2 aromatic rings. The van der Waals surface area contributed by atoms with Gasteiger partial charge in [-0.15, -0.1) is 11.6 Å².